The van der Waals surface area contributed by atoms with Crippen LogP contribution in [0.4, 0.5) is 0 Å². The van der Waals surface area contributed by atoms with Crippen molar-refractivity contribution in [3.8, 4) is 5.75 Å². The molecule has 1 N–H and O–H groups in total. The number of benzene rings is 1. The van der Waals surface area contributed by atoms with Gasteiger partial charge in [-0.15, -0.1) is 0 Å². The van der Waals surface area contributed by atoms with E-state index in [-0.39, 0.29) is 34.8 Å². The number of carbonyl (C=O) groups is 1. The molecular formula is C19H30O7SSi. The van der Waals surface area contributed by atoms with Crippen LogP contribution >= 0.6 is 0 Å². The fourth-order valence-corrected chi connectivity index (χ4v) is 5.27. The van der Waals surface area contributed by atoms with E-state index in [0.29, 0.717) is 12.0 Å². The van der Waals surface area contributed by atoms with E-state index in [4.69, 9.17) is 13.3 Å². The number of cyclic esters (lactones) is 1. The fraction of sp³-hybridized carbons (Fsp3) is 0.632. The molecule has 1 aliphatic rings. The Labute approximate surface area is 168 Å². The van der Waals surface area contributed by atoms with Gasteiger partial charge in [-0.2, -0.15) is 8.42 Å². The number of phenolic OH excluding ortho intramolecular Hbond substituents is 1. The van der Waals surface area contributed by atoms with Gasteiger partial charge in [0.25, 0.3) is 10.1 Å². The lowest BCUT2D eigenvalue weighted by Gasteiger charge is -2.41. The van der Waals surface area contributed by atoms with Crippen LogP contribution < -0.4 is 0 Å². The molecule has 0 saturated carbocycles. The molecule has 1 heterocycles. The molecule has 2 atom stereocenters. The number of aryl methyl sites for hydroxylation is 1. The van der Waals surface area contributed by atoms with Gasteiger partial charge in [0.1, 0.15) is 23.4 Å². The standard InChI is InChI=1S/C19H30O7SSi/c1-13-7-8-14(20)9-17(13)27(22,23)24-12-16-10-15(11-18(21)25-16)26-28(5,6)19(2,3)4/h7-9,15-16,20H,10-12H2,1-6H3/t15-,16+/m1/s1. The molecule has 0 bridgehead atoms. The first-order valence-electron chi connectivity index (χ1n) is 9.27. The van der Waals surface area contributed by atoms with Gasteiger partial charge in [0.15, 0.2) is 8.32 Å². The van der Waals surface area contributed by atoms with E-state index < -0.39 is 30.5 Å². The lowest BCUT2D eigenvalue weighted by atomic mass is 10.1. The Hall–Kier alpha value is -1.42. The molecule has 1 aromatic carbocycles. The Bertz CT molecular complexity index is 827. The van der Waals surface area contributed by atoms with Crippen LogP contribution in [0.25, 0.3) is 0 Å². The Morgan fingerprint density at radius 1 is 1.29 bits per heavy atom. The molecule has 0 unspecified atom stereocenters. The topological polar surface area (TPSA) is 99.1 Å². The van der Waals surface area contributed by atoms with Gasteiger partial charge in [0.2, 0.25) is 0 Å². The van der Waals surface area contributed by atoms with Crippen molar-refractivity contribution in [3.05, 3.63) is 23.8 Å². The Morgan fingerprint density at radius 2 is 1.93 bits per heavy atom. The summed E-state index contributed by atoms with van der Waals surface area (Å²) in [6.07, 6.45) is -0.488. The molecule has 1 aliphatic heterocycles. The highest BCUT2D eigenvalue weighted by atomic mass is 32.2. The fourth-order valence-electron chi connectivity index (χ4n) is 2.72. The van der Waals surface area contributed by atoms with Crippen LogP contribution in [0.2, 0.25) is 18.1 Å². The van der Waals surface area contributed by atoms with Crippen LogP contribution in [-0.4, -0.2) is 46.6 Å². The Balaban J connectivity index is 2.06. The normalized spacial score (nSPS) is 21.4. The molecule has 0 spiro atoms. The smallest absolute Gasteiger partial charge is 0.308 e. The summed E-state index contributed by atoms with van der Waals surface area (Å²) in [7, 11) is -6.16. The molecule has 2 rings (SSSR count). The maximum Gasteiger partial charge on any atom is 0.308 e. The Morgan fingerprint density at radius 3 is 2.54 bits per heavy atom. The van der Waals surface area contributed by atoms with E-state index in [1.165, 1.54) is 12.1 Å². The molecule has 1 saturated heterocycles. The van der Waals surface area contributed by atoms with Gasteiger partial charge in [-0.1, -0.05) is 26.8 Å². The molecule has 1 aromatic rings. The largest absolute Gasteiger partial charge is 0.508 e. The minimum atomic E-state index is -4.09. The van der Waals surface area contributed by atoms with Crippen molar-refractivity contribution in [3.63, 3.8) is 0 Å². The summed E-state index contributed by atoms with van der Waals surface area (Å²) >= 11 is 0. The van der Waals surface area contributed by atoms with Crippen molar-refractivity contribution in [1.82, 2.24) is 0 Å². The first-order chi connectivity index (χ1) is 12.7. The number of carbonyl (C=O) groups excluding carboxylic acids is 1. The molecule has 9 heteroatoms. The zero-order chi connectivity index (χ0) is 21.3. The Kier molecular flexibility index (Phi) is 6.64. The van der Waals surface area contributed by atoms with Crippen LogP contribution in [0.1, 0.15) is 39.2 Å². The number of hydrogen-bond acceptors (Lipinski definition) is 7. The predicted octanol–water partition coefficient (Wildman–Crippen LogP) is 3.50. The van der Waals surface area contributed by atoms with Gasteiger partial charge < -0.3 is 14.3 Å². The van der Waals surface area contributed by atoms with Crippen molar-refractivity contribution in [2.45, 2.75) is 75.8 Å². The molecule has 0 aromatic heterocycles. The van der Waals surface area contributed by atoms with E-state index >= 15 is 0 Å². The van der Waals surface area contributed by atoms with Crippen LogP contribution in [0.5, 0.6) is 5.75 Å². The van der Waals surface area contributed by atoms with Crippen LogP contribution in [-0.2, 0) is 28.3 Å². The zero-order valence-corrected chi connectivity index (χ0v) is 19.1. The van der Waals surface area contributed by atoms with E-state index in [1.54, 1.807) is 6.92 Å². The second-order valence-electron chi connectivity index (χ2n) is 8.74. The van der Waals surface area contributed by atoms with Crippen LogP contribution in [0.3, 0.4) is 0 Å². The number of rotatable bonds is 6. The molecule has 0 amide bonds. The highest BCUT2D eigenvalue weighted by Gasteiger charge is 2.41. The summed E-state index contributed by atoms with van der Waals surface area (Å²) in [6, 6.07) is 4.04. The summed E-state index contributed by atoms with van der Waals surface area (Å²) < 4.78 is 41.6. The number of ether oxygens (including phenoxy) is 1. The maximum atomic E-state index is 12.5. The summed E-state index contributed by atoms with van der Waals surface area (Å²) in [6.45, 7) is 11.9. The molecule has 1 fully saturated rings. The van der Waals surface area contributed by atoms with Crippen LogP contribution in [0, 0.1) is 6.92 Å². The van der Waals surface area contributed by atoms with Gasteiger partial charge in [-0.25, -0.2) is 0 Å². The third kappa shape index (κ3) is 5.56. The molecule has 28 heavy (non-hydrogen) atoms. The van der Waals surface area contributed by atoms with E-state index in [0.717, 1.165) is 6.07 Å². The third-order valence-corrected chi connectivity index (χ3v) is 11.3. The van der Waals surface area contributed by atoms with Gasteiger partial charge in [0.05, 0.1) is 12.5 Å². The highest BCUT2D eigenvalue weighted by molar-refractivity contribution is 7.86. The second kappa shape index (κ2) is 8.14. The van der Waals surface area contributed by atoms with Crippen molar-refractivity contribution in [1.29, 1.82) is 0 Å². The summed E-state index contributed by atoms with van der Waals surface area (Å²) in [5.74, 6) is -0.589. The number of aromatic hydroxyl groups is 1. The molecule has 0 radical (unpaired) electrons. The predicted molar refractivity (Wildman–Crippen MR) is 107 cm³/mol. The van der Waals surface area contributed by atoms with E-state index in [9.17, 15) is 18.3 Å². The first kappa shape index (κ1) is 22.9. The maximum absolute atomic E-state index is 12.5. The van der Waals surface area contributed by atoms with Crippen molar-refractivity contribution in [2.75, 3.05) is 6.61 Å². The molecule has 0 aliphatic carbocycles. The van der Waals surface area contributed by atoms with E-state index in [2.05, 4.69) is 33.9 Å². The number of esters is 1. The summed E-state index contributed by atoms with van der Waals surface area (Å²) in [5.41, 5.74) is 0.456. The third-order valence-electron chi connectivity index (χ3n) is 5.34. The number of hydrogen-bond donors (Lipinski definition) is 1. The molecular weight excluding hydrogens is 400 g/mol. The number of phenols is 1. The first-order valence-corrected chi connectivity index (χ1v) is 13.6. The lowest BCUT2D eigenvalue weighted by Crippen LogP contribution is -2.47. The van der Waals surface area contributed by atoms with Gasteiger partial charge in [-0.3, -0.25) is 8.98 Å². The monoisotopic (exact) mass is 430 g/mol. The average Bonchev–Trinajstić information content (AvgIpc) is 2.53. The molecule has 7 nitrogen and oxygen atoms in total. The second-order valence-corrected chi connectivity index (χ2v) is 15.1. The SMILES string of the molecule is Cc1ccc(O)cc1S(=O)(=O)OC[C@@H]1C[C@@H](O[Si](C)(C)C(C)(C)C)CC(=O)O1. The minimum Gasteiger partial charge on any atom is -0.508 e. The van der Waals surface area contributed by atoms with Crippen molar-refractivity contribution in [2.24, 2.45) is 0 Å². The zero-order valence-electron chi connectivity index (χ0n) is 17.3. The highest BCUT2D eigenvalue weighted by Crippen LogP contribution is 2.38. The quantitative estimate of drug-likeness (QED) is 0.419. The van der Waals surface area contributed by atoms with Crippen molar-refractivity contribution < 1.29 is 31.7 Å². The van der Waals surface area contributed by atoms with Crippen LogP contribution in [0.15, 0.2) is 23.1 Å². The van der Waals surface area contributed by atoms with Gasteiger partial charge in [-0.05, 0) is 36.7 Å². The van der Waals surface area contributed by atoms with Gasteiger partial charge >= 0.3 is 5.97 Å². The van der Waals surface area contributed by atoms with Crippen molar-refractivity contribution >= 4 is 24.4 Å². The summed E-state index contributed by atoms with van der Waals surface area (Å²) in [5, 5.41) is 9.56. The molecule has 158 valence electrons. The lowest BCUT2D eigenvalue weighted by molar-refractivity contribution is -0.161. The minimum absolute atomic E-state index is 0.00345. The van der Waals surface area contributed by atoms with Gasteiger partial charge in [0, 0.05) is 12.5 Å². The summed E-state index contributed by atoms with van der Waals surface area (Å²) in [4.78, 5) is 11.9. The van der Waals surface area contributed by atoms with E-state index in [1.807, 2.05) is 0 Å². The average molecular weight is 431 g/mol.